The quantitative estimate of drug-likeness (QED) is 0.749. The van der Waals surface area contributed by atoms with Crippen LogP contribution in [0.2, 0.25) is 0 Å². The van der Waals surface area contributed by atoms with Gasteiger partial charge in [0.1, 0.15) is 0 Å². The largest absolute Gasteiger partial charge is 0.345 e. The molecule has 0 aromatic carbocycles. The maximum atomic E-state index is 12.1. The molecule has 0 aliphatic rings. The van der Waals surface area contributed by atoms with E-state index >= 15 is 0 Å². The molecule has 0 bridgehead atoms. The number of halogens is 1. The van der Waals surface area contributed by atoms with E-state index in [-0.39, 0.29) is 23.7 Å². The lowest BCUT2D eigenvalue weighted by Gasteiger charge is -2.29. The Bertz CT molecular complexity index is 449. The van der Waals surface area contributed by atoms with Crippen LogP contribution >= 0.6 is 12.4 Å². The van der Waals surface area contributed by atoms with Gasteiger partial charge in [0, 0.05) is 32.9 Å². The van der Waals surface area contributed by atoms with Crippen molar-refractivity contribution < 1.29 is 9.32 Å². The minimum atomic E-state index is -0.0497. The monoisotopic (exact) mass is 332 g/mol. The van der Waals surface area contributed by atoms with Gasteiger partial charge in [-0.15, -0.1) is 12.4 Å². The maximum Gasteiger partial charge on any atom is 0.226 e. The number of nitrogens with zero attached hydrogens (tertiary/aromatic N) is 3. The standard InChI is InChI=1S/C15H28N4O2.ClH/c1-5-7-12-17-13(21-18-12)8-6-9-14(20)19(4)11-15(2,3)10-16;/h5-11,16H2,1-4H3;1H. The van der Waals surface area contributed by atoms with Gasteiger partial charge in [-0.25, -0.2) is 0 Å². The molecule has 0 unspecified atom stereocenters. The molecule has 1 aromatic heterocycles. The van der Waals surface area contributed by atoms with Crippen LogP contribution < -0.4 is 5.73 Å². The Morgan fingerprint density at radius 3 is 2.64 bits per heavy atom. The fourth-order valence-corrected chi connectivity index (χ4v) is 2.09. The number of rotatable bonds is 9. The van der Waals surface area contributed by atoms with Crippen LogP contribution in [0.1, 0.15) is 51.7 Å². The average molecular weight is 333 g/mol. The van der Waals surface area contributed by atoms with Crippen molar-refractivity contribution in [1.82, 2.24) is 15.0 Å². The highest BCUT2D eigenvalue weighted by Crippen LogP contribution is 2.15. The van der Waals surface area contributed by atoms with E-state index in [9.17, 15) is 4.79 Å². The maximum absolute atomic E-state index is 12.1. The molecule has 128 valence electrons. The summed E-state index contributed by atoms with van der Waals surface area (Å²) in [6.45, 7) is 7.43. The first-order valence-electron chi connectivity index (χ1n) is 7.63. The van der Waals surface area contributed by atoms with Gasteiger partial charge in [-0.05, 0) is 24.8 Å². The topological polar surface area (TPSA) is 85.2 Å². The predicted molar refractivity (Wildman–Crippen MR) is 89.0 cm³/mol. The van der Waals surface area contributed by atoms with E-state index in [1.165, 1.54) is 0 Å². The lowest BCUT2D eigenvalue weighted by molar-refractivity contribution is -0.131. The fourth-order valence-electron chi connectivity index (χ4n) is 2.09. The van der Waals surface area contributed by atoms with Crippen LogP contribution in [0.3, 0.4) is 0 Å². The molecule has 0 fully saturated rings. The van der Waals surface area contributed by atoms with Crippen molar-refractivity contribution in [2.45, 2.75) is 52.9 Å². The molecule has 7 heteroatoms. The molecule has 0 aliphatic heterocycles. The second-order valence-corrected chi connectivity index (χ2v) is 6.33. The Morgan fingerprint density at radius 1 is 1.36 bits per heavy atom. The zero-order chi connectivity index (χ0) is 15.9. The van der Waals surface area contributed by atoms with Gasteiger partial charge in [0.15, 0.2) is 5.82 Å². The molecule has 2 N–H and O–H groups in total. The lowest BCUT2D eigenvalue weighted by Crippen LogP contribution is -2.39. The summed E-state index contributed by atoms with van der Waals surface area (Å²) in [7, 11) is 1.83. The van der Waals surface area contributed by atoms with Gasteiger partial charge in [-0.1, -0.05) is 25.9 Å². The molecule has 0 saturated heterocycles. The van der Waals surface area contributed by atoms with E-state index < -0.39 is 0 Å². The highest BCUT2D eigenvalue weighted by Gasteiger charge is 2.20. The normalized spacial score (nSPS) is 11.1. The molecular formula is C15H29ClN4O2. The van der Waals surface area contributed by atoms with Crippen LogP contribution in [-0.2, 0) is 17.6 Å². The van der Waals surface area contributed by atoms with Gasteiger partial charge in [0.2, 0.25) is 11.8 Å². The van der Waals surface area contributed by atoms with Gasteiger partial charge in [0.05, 0.1) is 0 Å². The highest BCUT2D eigenvalue weighted by molar-refractivity contribution is 5.85. The molecule has 1 rings (SSSR count). The van der Waals surface area contributed by atoms with Crippen molar-refractivity contribution in [3.05, 3.63) is 11.7 Å². The summed E-state index contributed by atoms with van der Waals surface area (Å²) in [6, 6.07) is 0. The van der Waals surface area contributed by atoms with Crippen molar-refractivity contribution in [3.8, 4) is 0 Å². The van der Waals surface area contributed by atoms with Gasteiger partial charge in [-0.2, -0.15) is 4.98 Å². The number of carbonyl (C=O) groups excluding carboxylic acids is 1. The Kier molecular flexibility index (Phi) is 9.28. The van der Waals surface area contributed by atoms with Crippen molar-refractivity contribution in [2.75, 3.05) is 20.1 Å². The van der Waals surface area contributed by atoms with Crippen LogP contribution in [-0.4, -0.2) is 41.1 Å². The van der Waals surface area contributed by atoms with Crippen molar-refractivity contribution in [2.24, 2.45) is 11.1 Å². The third-order valence-electron chi connectivity index (χ3n) is 3.41. The second-order valence-electron chi connectivity index (χ2n) is 6.33. The number of hydrogen-bond donors (Lipinski definition) is 1. The second kappa shape index (κ2) is 9.79. The molecule has 0 aliphatic carbocycles. The Hall–Kier alpha value is -1.14. The molecular weight excluding hydrogens is 304 g/mol. The van der Waals surface area contributed by atoms with E-state index in [0.717, 1.165) is 25.1 Å². The smallest absolute Gasteiger partial charge is 0.226 e. The van der Waals surface area contributed by atoms with Crippen LogP contribution in [0.15, 0.2) is 4.52 Å². The summed E-state index contributed by atoms with van der Waals surface area (Å²) in [4.78, 5) is 18.1. The summed E-state index contributed by atoms with van der Waals surface area (Å²) >= 11 is 0. The third kappa shape index (κ3) is 7.22. The predicted octanol–water partition coefficient (Wildman–Crippen LogP) is 2.21. The number of carbonyl (C=O) groups is 1. The SMILES string of the molecule is CCCc1noc(CCCC(=O)N(C)CC(C)(C)CN)n1.Cl. The zero-order valence-corrected chi connectivity index (χ0v) is 14.9. The minimum Gasteiger partial charge on any atom is -0.345 e. The van der Waals surface area contributed by atoms with Gasteiger partial charge < -0.3 is 15.2 Å². The third-order valence-corrected chi connectivity index (χ3v) is 3.41. The fraction of sp³-hybridized carbons (Fsp3) is 0.800. The first-order chi connectivity index (χ1) is 9.88. The molecule has 0 radical (unpaired) electrons. The molecule has 1 amide bonds. The van der Waals surface area contributed by atoms with Crippen molar-refractivity contribution in [1.29, 1.82) is 0 Å². The van der Waals surface area contributed by atoms with E-state index in [2.05, 4.69) is 30.9 Å². The first kappa shape index (κ1) is 20.9. The summed E-state index contributed by atoms with van der Waals surface area (Å²) in [5.41, 5.74) is 5.64. The highest BCUT2D eigenvalue weighted by atomic mass is 35.5. The minimum absolute atomic E-state index is 0. The van der Waals surface area contributed by atoms with E-state index in [1.807, 2.05) is 7.05 Å². The Labute approximate surface area is 139 Å². The van der Waals surface area contributed by atoms with Crippen molar-refractivity contribution >= 4 is 18.3 Å². The van der Waals surface area contributed by atoms with E-state index in [1.54, 1.807) is 4.90 Å². The van der Waals surface area contributed by atoms with Crippen molar-refractivity contribution in [3.63, 3.8) is 0 Å². The molecule has 1 heterocycles. The summed E-state index contributed by atoms with van der Waals surface area (Å²) in [5.74, 6) is 1.50. The zero-order valence-electron chi connectivity index (χ0n) is 14.1. The number of aromatic nitrogens is 2. The summed E-state index contributed by atoms with van der Waals surface area (Å²) < 4.78 is 5.15. The van der Waals surface area contributed by atoms with Crippen LogP contribution in [0.4, 0.5) is 0 Å². The van der Waals surface area contributed by atoms with Gasteiger partial charge in [0.25, 0.3) is 0 Å². The number of amides is 1. The molecule has 0 spiro atoms. The summed E-state index contributed by atoms with van der Waals surface area (Å²) in [6.07, 6.45) is 3.69. The van der Waals surface area contributed by atoms with E-state index in [0.29, 0.717) is 31.8 Å². The van der Waals surface area contributed by atoms with Crippen LogP contribution in [0, 0.1) is 5.41 Å². The van der Waals surface area contributed by atoms with Crippen LogP contribution in [0.5, 0.6) is 0 Å². The Balaban J connectivity index is 0.00000441. The molecule has 0 atom stereocenters. The molecule has 1 aromatic rings. The summed E-state index contributed by atoms with van der Waals surface area (Å²) in [5, 5.41) is 3.90. The lowest BCUT2D eigenvalue weighted by atomic mass is 9.93. The number of hydrogen-bond acceptors (Lipinski definition) is 5. The molecule has 22 heavy (non-hydrogen) atoms. The number of nitrogens with two attached hydrogens (primary N) is 1. The van der Waals surface area contributed by atoms with Gasteiger partial charge in [-0.3, -0.25) is 4.79 Å². The van der Waals surface area contributed by atoms with Crippen LogP contribution in [0.25, 0.3) is 0 Å². The van der Waals surface area contributed by atoms with Gasteiger partial charge >= 0.3 is 0 Å². The molecule has 0 saturated carbocycles. The number of aryl methyl sites for hydroxylation is 2. The first-order valence-corrected chi connectivity index (χ1v) is 7.63. The Morgan fingerprint density at radius 2 is 2.05 bits per heavy atom. The van der Waals surface area contributed by atoms with E-state index in [4.69, 9.17) is 10.3 Å². The molecule has 6 nitrogen and oxygen atoms in total. The average Bonchev–Trinajstić information content (AvgIpc) is 2.86.